The van der Waals surface area contributed by atoms with Gasteiger partial charge in [-0.15, -0.1) is 11.3 Å². The van der Waals surface area contributed by atoms with E-state index in [4.69, 9.17) is 0 Å². The van der Waals surface area contributed by atoms with Gasteiger partial charge in [-0.05, 0) is 122 Å². The van der Waals surface area contributed by atoms with E-state index < -0.39 is 0 Å². The number of hydrogen-bond donors (Lipinski definition) is 0. The van der Waals surface area contributed by atoms with Crippen LogP contribution in [0.2, 0.25) is 0 Å². The molecule has 3 aliphatic carbocycles. The van der Waals surface area contributed by atoms with Crippen LogP contribution in [0.15, 0.2) is 194 Å². The van der Waals surface area contributed by atoms with Gasteiger partial charge in [-0.2, -0.15) is 0 Å². The molecule has 2 heteroatoms. The van der Waals surface area contributed by atoms with E-state index >= 15 is 0 Å². The van der Waals surface area contributed by atoms with Crippen LogP contribution in [-0.4, -0.2) is 0 Å². The molecule has 1 aromatic heterocycles. The summed E-state index contributed by atoms with van der Waals surface area (Å²) in [5.41, 5.74) is 18.0. The van der Waals surface area contributed by atoms with E-state index in [9.17, 15) is 0 Å². The third-order valence-corrected chi connectivity index (χ3v) is 14.4. The number of hydrogen-bond acceptors (Lipinski definition) is 2. The van der Waals surface area contributed by atoms with Gasteiger partial charge in [0, 0.05) is 26.7 Å². The van der Waals surface area contributed by atoms with Gasteiger partial charge >= 0.3 is 0 Å². The Morgan fingerprint density at radius 2 is 1.07 bits per heavy atom. The summed E-state index contributed by atoms with van der Waals surface area (Å²) in [6.45, 7) is 0. The topological polar surface area (TPSA) is 3.24 Å². The lowest BCUT2D eigenvalue weighted by molar-refractivity contribution is 0.445. The molecule has 1 heterocycles. The fraction of sp³-hybridized carbons (Fsp3) is 0.103. The van der Waals surface area contributed by atoms with E-state index in [-0.39, 0.29) is 0 Å². The molecule has 0 radical (unpaired) electrons. The van der Waals surface area contributed by atoms with Crippen molar-refractivity contribution in [1.82, 2.24) is 0 Å². The van der Waals surface area contributed by atoms with Gasteiger partial charge in [-0.3, -0.25) is 0 Å². The fourth-order valence-corrected chi connectivity index (χ4v) is 11.5. The van der Waals surface area contributed by atoms with Crippen molar-refractivity contribution in [3.8, 4) is 55.6 Å². The van der Waals surface area contributed by atoms with Gasteiger partial charge in [0.15, 0.2) is 0 Å². The molecule has 0 atom stereocenters. The zero-order valence-electron chi connectivity index (χ0n) is 33.4. The molecule has 0 spiro atoms. The number of rotatable bonds is 8. The Morgan fingerprint density at radius 1 is 0.417 bits per heavy atom. The van der Waals surface area contributed by atoms with Gasteiger partial charge < -0.3 is 4.90 Å². The number of fused-ring (bicyclic) bond motifs is 5. The standard InChI is InChI=1S/C58H43NS/c1-3-15-39(16-4-1)44-23-11-19-41-20-12-24-47(56(41)44)45-21-7-9-28-53(45)59(54-29-14-27-51-46-22-8-10-30-55(46)60-58(51)54)43-34-31-38(32-35-43)42-33-36-50(57-48-25-13-26-49(48)57)52(37-42)40-17-5-2-6-18-40/h2,5-14,17-37,39H,1,3-4,15-16H2. The van der Waals surface area contributed by atoms with Crippen molar-refractivity contribution in [3.05, 3.63) is 200 Å². The van der Waals surface area contributed by atoms with Crippen molar-refractivity contribution >= 4 is 59.3 Å². The van der Waals surface area contributed by atoms with Crippen LogP contribution in [0.1, 0.15) is 43.6 Å². The first-order valence-electron chi connectivity index (χ1n) is 21.5. The van der Waals surface area contributed by atoms with Gasteiger partial charge in [0.25, 0.3) is 0 Å². The van der Waals surface area contributed by atoms with Crippen LogP contribution in [0.25, 0.3) is 86.6 Å². The van der Waals surface area contributed by atoms with Crippen LogP contribution in [0.4, 0.5) is 17.1 Å². The molecule has 60 heavy (non-hydrogen) atoms. The molecule has 8 aromatic carbocycles. The second kappa shape index (κ2) is 14.5. The predicted octanol–water partition coefficient (Wildman–Crippen LogP) is 17.4. The molecule has 0 unspecified atom stereocenters. The van der Waals surface area contributed by atoms with Crippen LogP contribution >= 0.6 is 11.3 Å². The van der Waals surface area contributed by atoms with Crippen molar-refractivity contribution in [2.75, 3.05) is 4.90 Å². The Balaban J connectivity index is 1.03. The maximum Gasteiger partial charge on any atom is 0.0640 e. The highest BCUT2D eigenvalue weighted by Gasteiger charge is 2.28. The van der Waals surface area contributed by atoms with Crippen LogP contribution in [0.3, 0.4) is 0 Å². The summed E-state index contributed by atoms with van der Waals surface area (Å²) in [6.07, 6.45) is 6.52. The third kappa shape index (κ3) is 5.89. The highest BCUT2D eigenvalue weighted by molar-refractivity contribution is 7.26. The number of nitrogens with zero attached hydrogens (tertiary/aromatic N) is 1. The van der Waals surface area contributed by atoms with Crippen molar-refractivity contribution < 1.29 is 0 Å². The smallest absolute Gasteiger partial charge is 0.0640 e. The second-order valence-electron chi connectivity index (χ2n) is 16.6. The summed E-state index contributed by atoms with van der Waals surface area (Å²) in [6, 6.07) is 72.5. The van der Waals surface area contributed by atoms with Crippen LogP contribution in [0.5, 0.6) is 0 Å². The average molecular weight is 786 g/mol. The quantitative estimate of drug-likeness (QED) is 0.148. The van der Waals surface area contributed by atoms with Gasteiger partial charge in [0.05, 0.1) is 16.1 Å². The minimum Gasteiger partial charge on any atom is -0.308 e. The molecule has 1 nitrogen and oxygen atoms in total. The Labute approximate surface area is 355 Å². The minimum absolute atomic E-state index is 0.596. The zero-order chi connectivity index (χ0) is 39.6. The Hall–Kier alpha value is -6.74. The monoisotopic (exact) mass is 785 g/mol. The molecule has 0 N–H and O–H groups in total. The average Bonchev–Trinajstić information content (AvgIpc) is 3.57. The Kier molecular flexibility index (Phi) is 8.52. The van der Waals surface area contributed by atoms with E-state index in [0.717, 1.165) is 5.69 Å². The van der Waals surface area contributed by atoms with E-state index in [2.05, 4.69) is 199 Å². The Bertz CT molecular complexity index is 3210. The number of thiophene rings is 1. The first kappa shape index (κ1) is 35.2. The van der Waals surface area contributed by atoms with Crippen molar-refractivity contribution in [3.63, 3.8) is 0 Å². The van der Waals surface area contributed by atoms with Crippen LogP contribution in [-0.2, 0) is 0 Å². The van der Waals surface area contributed by atoms with Crippen LogP contribution in [0, 0.1) is 0 Å². The SMILES string of the molecule is c1ccc(-c2cc(-c3ccc(N(c4ccccc4-c4cccc5cccc(C6CCCCC6)c45)c4cccc5c4sc4ccccc45)cc3)ccc2-c2c3cccc2-3)cc1. The van der Waals surface area contributed by atoms with Crippen molar-refractivity contribution in [2.45, 2.75) is 38.0 Å². The maximum atomic E-state index is 2.53. The van der Waals surface area contributed by atoms with Crippen LogP contribution < -0.4 is 4.90 Å². The summed E-state index contributed by atoms with van der Waals surface area (Å²) < 4.78 is 2.61. The van der Waals surface area contributed by atoms with Crippen molar-refractivity contribution in [1.29, 1.82) is 0 Å². The molecule has 1 fully saturated rings. The highest BCUT2D eigenvalue weighted by Crippen LogP contribution is 2.54. The maximum absolute atomic E-state index is 2.53. The van der Waals surface area contributed by atoms with Gasteiger partial charge in [-0.25, -0.2) is 0 Å². The molecule has 9 aromatic rings. The first-order valence-corrected chi connectivity index (χ1v) is 22.4. The van der Waals surface area contributed by atoms with E-state index in [0.29, 0.717) is 5.92 Å². The summed E-state index contributed by atoms with van der Waals surface area (Å²) in [4.78, 5) is 2.53. The normalized spacial score (nSPS) is 13.6. The molecule has 3 aliphatic rings. The number of para-hydroxylation sites is 1. The molecule has 12 rings (SSSR count). The molecule has 0 bridgehead atoms. The van der Waals surface area contributed by atoms with Crippen molar-refractivity contribution in [2.24, 2.45) is 0 Å². The van der Waals surface area contributed by atoms with Gasteiger partial charge in [-0.1, -0.05) is 177 Å². The molecule has 0 saturated heterocycles. The van der Waals surface area contributed by atoms with E-state index in [1.165, 1.54) is 136 Å². The molecule has 286 valence electrons. The second-order valence-corrected chi connectivity index (χ2v) is 17.6. The zero-order valence-corrected chi connectivity index (χ0v) is 34.3. The first-order chi connectivity index (χ1) is 29.8. The van der Waals surface area contributed by atoms with E-state index in [1.807, 2.05) is 11.3 Å². The molecular weight excluding hydrogens is 743 g/mol. The summed E-state index contributed by atoms with van der Waals surface area (Å²) in [5.74, 6) is 0.596. The molecule has 1 saturated carbocycles. The molecule has 0 amide bonds. The minimum atomic E-state index is 0.596. The van der Waals surface area contributed by atoms with E-state index in [1.54, 1.807) is 0 Å². The largest absolute Gasteiger partial charge is 0.308 e. The van der Waals surface area contributed by atoms with Gasteiger partial charge in [0.1, 0.15) is 0 Å². The lowest BCUT2D eigenvalue weighted by Gasteiger charge is -2.29. The molecule has 0 aliphatic heterocycles. The number of anilines is 3. The third-order valence-electron chi connectivity index (χ3n) is 13.2. The molecular formula is C58H43NS. The fourth-order valence-electron chi connectivity index (χ4n) is 10.3. The summed E-state index contributed by atoms with van der Waals surface area (Å²) in [5, 5.41) is 5.34. The summed E-state index contributed by atoms with van der Waals surface area (Å²) >= 11 is 1.89. The van der Waals surface area contributed by atoms with Gasteiger partial charge in [0.2, 0.25) is 0 Å². The Morgan fingerprint density at radius 3 is 1.92 bits per heavy atom. The lowest BCUT2D eigenvalue weighted by Crippen LogP contribution is -2.11. The lowest BCUT2D eigenvalue weighted by atomic mass is 9.80. The summed E-state index contributed by atoms with van der Waals surface area (Å²) in [7, 11) is 0. The number of benzene rings is 9. The highest BCUT2D eigenvalue weighted by atomic mass is 32.1. The predicted molar refractivity (Wildman–Crippen MR) is 258 cm³/mol.